The molecular weight excluding hydrogens is 302 g/mol. The lowest BCUT2D eigenvalue weighted by Gasteiger charge is -2.32. The number of nitrogens with zero attached hydrogens (tertiary/aromatic N) is 1. The minimum absolute atomic E-state index is 0.0303. The Morgan fingerprint density at radius 2 is 1.86 bits per heavy atom. The van der Waals surface area contributed by atoms with Gasteiger partial charge in [-0.2, -0.15) is 0 Å². The third-order valence-electron chi connectivity index (χ3n) is 3.70. The van der Waals surface area contributed by atoms with Crippen LogP contribution in [0.3, 0.4) is 0 Å². The molecule has 1 aromatic heterocycles. The summed E-state index contributed by atoms with van der Waals surface area (Å²) in [6, 6.07) is 1.55. The molecular formula is C13H17BClF2NO3. The molecule has 1 aliphatic rings. The van der Waals surface area contributed by atoms with Gasteiger partial charge in [-0.1, -0.05) is 11.6 Å². The maximum absolute atomic E-state index is 12.1. The summed E-state index contributed by atoms with van der Waals surface area (Å²) in [5.41, 5.74) is -0.340. The second kappa shape index (κ2) is 5.70. The lowest BCUT2D eigenvalue weighted by Crippen LogP contribution is -2.41. The first-order valence-corrected chi connectivity index (χ1v) is 6.92. The molecule has 4 nitrogen and oxygen atoms in total. The molecule has 0 radical (unpaired) electrons. The van der Waals surface area contributed by atoms with Gasteiger partial charge in [-0.15, -0.1) is 0 Å². The first-order chi connectivity index (χ1) is 9.62. The van der Waals surface area contributed by atoms with Gasteiger partial charge in [-0.25, -0.2) is 13.8 Å². The third kappa shape index (κ3) is 3.47. The van der Waals surface area contributed by atoms with Crippen LogP contribution in [0.1, 0.15) is 27.7 Å². The Kier molecular flexibility index (Phi) is 4.47. The van der Waals surface area contributed by atoms with Crippen molar-refractivity contribution < 1.29 is 22.8 Å². The highest BCUT2D eigenvalue weighted by molar-refractivity contribution is 6.62. The highest BCUT2D eigenvalue weighted by Crippen LogP contribution is 2.36. The van der Waals surface area contributed by atoms with Crippen LogP contribution < -0.4 is 10.2 Å². The molecule has 1 fully saturated rings. The maximum atomic E-state index is 12.1. The van der Waals surface area contributed by atoms with E-state index in [9.17, 15) is 8.78 Å². The summed E-state index contributed by atoms with van der Waals surface area (Å²) in [7, 11) is -0.607. The monoisotopic (exact) mass is 319 g/mol. The summed E-state index contributed by atoms with van der Waals surface area (Å²) in [5.74, 6) is -0.0303. The number of aromatic nitrogens is 1. The van der Waals surface area contributed by atoms with Crippen LogP contribution in [-0.4, -0.2) is 36.3 Å². The van der Waals surface area contributed by atoms with Gasteiger partial charge in [-0.3, -0.25) is 0 Å². The maximum Gasteiger partial charge on any atom is 0.496 e. The first-order valence-electron chi connectivity index (χ1n) is 6.54. The molecule has 8 heteroatoms. The first kappa shape index (κ1) is 16.5. The summed E-state index contributed by atoms with van der Waals surface area (Å²) < 4.78 is 40.8. The number of rotatable bonds is 4. The van der Waals surface area contributed by atoms with E-state index in [0.29, 0.717) is 5.46 Å². The minimum atomic E-state index is -2.58. The van der Waals surface area contributed by atoms with E-state index < -0.39 is 31.4 Å². The van der Waals surface area contributed by atoms with E-state index in [-0.39, 0.29) is 10.9 Å². The molecule has 1 aromatic rings. The van der Waals surface area contributed by atoms with E-state index in [2.05, 4.69) is 4.98 Å². The predicted octanol–water partition coefficient (Wildman–Crippen LogP) is 2.68. The molecule has 116 valence electrons. The summed E-state index contributed by atoms with van der Waals surface area (Å²) in [6.07, 6.45) is -1.12. The van der Waals surface area contributed by atoms with Crippen molar-refractivity contribution in [2.24, 2.45) is 0 Å². The number of pyridine rings is 1. The lowest BCUT2D eigenvalue weighted by atomic mass is 9.80. The molecule has 0 saturated carbocycles. The molecule has 21 heavy (non-hydrogen) atoms. The fourth-order valence-electron chi connectivity index (χ4n) is 1.80. The second-order valence-electron chi connectivity index (χ2n) is 5.85. The summed E-state index contributed by atoms with van der Waals surface area (Å²) >= 11 is 5.99. The minimum Gasteiger partial charge on any atom is -0.471 e. The van der Waals surface area contributed by atoms with Gasteiger partial charge in [0.15, 0.2) is 6.61 Å². The van der Waals surface area contributed by atoms with Crippen molar-refractivity contribution in [3.63, 3.8) is 0 Å². The van der Waals surface area contributed by atoms with Gasteiger partial charge in [0.2, 0.25) is 5.88 Å². The number of ether oxygens (including phenoxy) is 1. The Bertz CT molecular complexity index is 512. The Balaban J connectivity index is 2.14. The normalized spacial score (nSPS) is 20.1. The van der Waals surface area contributed by atoms with Gasteiger partial charge in [0.05, 0.1) is 11.2 Å². The van der Waals surface area contributed by atoms with Crippen molar-refractivity contribution >= 4 is 24.2 Å². The van der Waals surface area contributed by atoms with E-state index in [1.165, 1.54) is 6.20 Å². The smallest absolute Gasteiger partial charge is 0.471 e. The van der Waals surface area contributed by atoms with Crippen molar-refractivity contribution in [2.75, 3.05) is 6.61 Å². The van der Waals surface area contributed by atoms with Gasteiger partial charge >= 0.3 is 7.12 Å². The van der Waals surface area contributed by atoms with Crippen LogP contribution in [-0.2, 0) is 9.31 Å². The SMILES string of the molecule is CC1(C)OB(c2cnc(OCC(F)F)c(Cl)c2)OC1(C)C. The van der Waals surface area contributed by atoms with Gasteiger partial charge in [0.25, 0.3) is 6.43 Å². The highest BCUT2D eigenvalue weighted by Gasteiger charge is 2.51. The van der Waals surface area contributed by atoms with Crippen molar-refractivity contribution in [3.05, 3.63) is 17.3 Å². The van der Waals surface area contributed by atoms with Crippen LogP contribution in [0, 0.1) is 0 Å². The second-order valence-corrected chi connectivity index (χ2v) is 6.25. The topological polar surface area (TPSA) is 40.6 Å². The summed E-state index contributed by atoms with van der Waals surface area (Å²) in [6.45, 7) is 6.98. The van der Waals surface area contributed by atoms with Gasteiger partial charge in [-0.05, 0) is 33.8 Å². The van der Waals surface area contributed by atoms with Crippen LogP contribution in [0.15, 0.2) is 12.3 Å². The van der Waals surface area contributed by atoms with Crippen LogP contribution >= 0.6 is 11.6 Å². The zero-order chi connectivity index (χ0) is 15.8. The van der Waals surface area contributed by atoms with Crippen molar-refractivity contribution in [1.82, 2.24) is 4.98 Å². The van der Waals surface area contributed by atoms with Crippen molar-refractivity contribution in [3.8, 4) is 5.88 Å². The molecule has 0 amide bonds. The average molecular weight is 320 g/mol. The molecule has 0 spiro atoms. The van der Waals surface area contributed by atoms with E-state index >= 15 is 0 Å². The van der Waals surface area contributed by atoms with Gasteiger partial charge in [0, 0.05) is 11.7 Å². The summed E-state index contributed by atoms with van der Waals surface area (Å²) in [4.78, 5) is 3.94. The molecule has 0 unspecified atom stereocenters. The fraction of sp³-hybridized carbons (Fsp3) is 0.615. The van der Waals surface area contributed by atoms with E-state index in [4.69, 9.17) is 25.6 Å². The van der Waals surface area contributed by atoms with Crippen LogP contribution in [0.2, 0.25) is 5.02 Å². The Labute approximate surface area is 127 Å². The molecule has 0 N–H and O–H groups in total. The predicted molar refractivity (Wildman–Crippen MR) is 76.5 cm³/mol. The van der Waals surface area contributed by atoms with Gasteiger partial charge < -0.3 is 14.0 Å². The quantitative estimate of drug-likeness (QED) is 0.800. The number of alkyl halides is 2. The zero-order valence-electron chi connectivity index (χ0n) is 12.3. The van der Waals surface area contributed by atoms with Gasteiger partial charge in [0.1, 0.15) is 5.02 Å². The van der Waals surface area contributed by atoms with Crippen LogP contribution in [0.25, 0.3) is 0 Å². The third-order valence-corrected chi connectivity index (χ3v) is 3.97. The average Bonchev–Trinajstić information content (AvgIpc) is 2.56. The number of hydrogen-bond donors (Lipinski definition) is 0. The summed E-state index contributed by atoms with van der Waals surface area (Å²) in [5, 5.41) is 0.142. The number of hydrogen-bond acceptors (Lipinski definition) is 4. The molecule has 0 atom stereocenters. The molecule has 1 saturated heterocycles. The highest BCUT2D eigenvalue weighted by atomic mass is 35.5. The largest absolute Gasteiger partial charge is 0.496 e. The molecule has 0 aliphatic carbocycles. The van der Waals surface area contributed by atoms with E-state index in [0.717, 1.165) is 0 Å². The molecule has 0 aromatic carbocycles. The Morgan fingerprint density at radius 3 is 2.33 bits per heavy atom. The van der Waals surface area contributed by atoms with Crippen LogP contribution in [0.4, 0.5) is 8.78 Å². The molecule has 1 aliphatic heterocycles. The standard InChI is InChI=1S/C13H17BClF2NO3/c1-12(2)13(3,4)21-14(20-12)8-5-9(15)11(18-6-8)19-7-10(16)17/h5-6,10H,7H2,1-4H3. The van der Waals surface area contributed by atoms with Crippen molar-refractivity contribution in [1.29, 1.82) is 0 Å². The van der Waals surface area contributed by atoms with Crippen molar-refractivity contribution in [2.45, 2.75) is 45.3 Å². The molecule has 2 heterocycles. The fourth-order valence-corrected chi connectivity index (χ4v) is 2.03. The van der Waals surface area contributed by atoms with E-state index in [1.54, 1.807) is 6.07 Å². The van der Waals surface area contributed by atoms with E-state index in [1.807, 2.05) is 27.7 Å². The lowest BCUT2D eigenvalue weighted by molar-refractivity contribution is 0.00578. The molecule has 0 bridgehead atoms. The Morgan fingerprint density at radius 1 is 1.29 bits per heavy atom. The Hall–Kier alpha value is -0.915. The van der Waals surface area contributed by atoms with Crippen LogP contribution in [0.5, 0.6) is 5.88 Å². The zero-order valence-corrected chi connectivity index (χ0v) is 13.1. The number of halogens is 3. The molecule has 2 rings (SSSR count).